The van der Waals surface area contributed by atoms with E-state index in [2.05, 4.69) is 11.9 Å². The largest absolute Gasteiger partial charge is 0.463 e. The molecule has 0 fully saturated rings. The maximum absolute atomic E-state index is 14.2. The number of rotatable bonds is 6. The molecule has 0 saturated carbocycles. The second-order valence-corrected chi connectivity index (χ2v) is 5.29. The maximum atomic E-state index is 14.2. The Bertz CT molecular complexity index is 700. The van der Waals surface area contributed by atoms with Crippen molar-refractivity contribution in [2.24, 2.45) is 0 Å². The van der Waals surface area contributed by atoms with Crippen LogP contribution in [-0.2, 0) is 9.53 Å². The van der Waals surface area contributed by atoms with Crippen molar-refractivity contribution in [2.45, 2.75) is 13.0 Å². The highest BCUT2D eigenvalue weighted by Gasteiger charge is 2.24. The van der Waals surface area contributed by atoms with Gasteiger partial charge in [-0.1, -0.05) is 36.4 Å². The van der Waals surface area contributed by atoms with E-state index < -0.39 is 17.8 Å². The summed E-state index contributed by atoms with van der Waals surface area (Å²) in [6, 6.07) is 12.4. The van der Waals surface area contributed by atoms with E-state index in [0.717, 1.165) is 0 Å². The predicted octanol–water partition coefficient (Wildman–Crippen LogP) is 4.75. The molecule has 23 heavy (non-hydrogen) atoms. The van der Waals surface area contributed by atoms with Gasteiger partial charge in [-0.2, -0.15) is 0 Å². The molecule has 2 aromatic carbocycles. The SMILES string of the molecule is C=C(C(=O)OCC)C(Nc1ccc(Cl)cc1)c1ccccc1F. The molecule has 0 heterocycles. The number of hydrogen-bond donors (Lipinski definition) is 1. The van der Waals surface area contributed by atoms with Crippen molar-refractivity contribution < 1.29 is 13.9 Å². The Kier molecular flexibility index (Phi) is 5.77. The standard InChI is InChI=1S/C18H17ClFNO2/c1-3-23-18(22)12(2)17(15-6-4-5-7-16(15)20)21-14-10-8-13(19)9-11-14/h4-11,17,21H,2-3H2,1H3. The second-order valence-electron chi connectivity index (χ2n) is 4.85. The molecule has 0 radical (unpaired) electrons. The molecule has 2 aromatic rings. The Hall–Kier alpha value is -2.33. The number of nitrogens with one attached hydrogen (secondary N) is 1. The molecule has 1 atom stereocenters. The quantitative estimate of drug-likeness (QED) is 0.612. The summed E-state index contributed by atoms with van der Waals surface area (Å²) in [6.07, 6.45) is 0. The zero-order chi connectivity index (χ0) is 16.8. The van der Waals surface area contributed by atoms with Crippen LogP contribution in [0, 0.1) is 5.82 Å². The summed E-state index contributed by atoms with van der Waals surface area (Å²) in [5, 5.41) is 3.69. The molecule has 3 nitrogen and oxygen atoms in total. The van der Waals surface area contributed by atoms with Crippen molar-refractivity contribution in [1.29, 1.82) is 0 Å². The first-order chi connectivity index (χ1) is 11.0. The van der Waals surface area contributed by atoms with Gasteiger partial charge in [-0.3, -0.25) is 0 Å². The highest BCUT2D eigenvalue weighted by atomic mass is 35.5. The van der Waals surface area contributed by atoms with E-state index >= 15 is 0 Å². The molecule has 0 aliphatic rings. The molecule has 1 unspecified atom stereocenters. The van der Waals surface area contributed by atoms with Crippen LogP contribution in [0.4, 0.5) is 10.1 Å². The fourth-order valence-corrected chi connectivity index (χ4v) is 2.24. The van der Waals surface area contributed by atoms with E-state index in [1.807, 2.05) is 0 Å². The smallest absolute Gasteiger partial charge is 0.335 e. The first-order valence-electron chi connectivity index (χ1n) is 7.15. The Morgan fingerprint density at radius 2 is 1.91 bits per heavy atom. The van der Waals surface area contributed by atoms with Crippen LogP contribution in [0.5, 0.6) is 0 Å². The zero-order valence-electron chi connectivity index (χ0n) is 12.7. The van der Waals surface area contributed by atoms with Crippen LogP contribution < -0.4 is 5.32 Å². The molecular formula is C18H17ClFNO2. The Morgan fingerprint density at radius 1 is 1.26 bits per heavy atom. The minimum Gasteiger partial charge on any atom is -0.463 e. The predicted molar refractivity (Wildman–Crippen MR) is 90.0 cm³/mol. The lowest BCUT2D eigenvalue weighted by Gasteiger charge is -2.22. The third-order valence-electron chi connectivity index (χ3n) is 3.26. The van der Waals surface area contributed by atoms with Gasteiger partial charge in [-0.15, -0.1) is 0 Å². The van der Waals surface area contributed by atoms with Gasteiger partial charge in [0.05, 0.1) is 18.2 Å². The molecule has 0 spiro atoms. The summed E-state index contributed by atoms with van der Waals surface area (Å²) in [4.78, 5) is 12.0. The van der Waals surface area contributed by atoms with Gasteiger partial charge in [0, 0.05) is 16.3 Å². The van der Waals surface area contributed by atoms with Crippen molar-refractivity contribution in [3.05, 3.63) is 77.1 Å². The molecule has 1 N–H and O–H groups in total. The summed E-state index contributed by atoms with van der Waals surface area (Å²) in [5.41, 5.74) is 1.14. The number of hydrogen-bond acceptors (Lipinski definition) is 3. The summed E-state index contributed by atoms with van der Waals surface area (Å²) in [6.45, 7) is 5.70. The van der Waals surface area contributed by atoms with Gasteiger partial charge >= 0.3 is 5.97 Å². The molecular weight excluding hydrogens is 317 g/mol. The Balaban J connectivity index is 2.35. The topological polar surface area (TPSA) is 38.3 Å². The van der Waals surface area contributed by atoms with Crippen LogP contribution in [0.25, 0.3) is 0 Å². The van der Waals surface area contributed by atoms with E-state index in [0.29, 0.717) is 16.3 Å². The molecule has 5 heteroatoms. The normalized spacial score (nSPS) is 11.6. The Morgan fingerprint density at radius 3 is 2.52 bits per heavy atom. The molecule has 0 aliphatic heterocycles. The van der Waals surface area contributed by atoms with Crippen LogP contribution in [0.2, 0.25) is 5.02 Å². The van der Waals surface area contributed by atoms with Gasteiger partial charge < -0.3 is 10.1 Å². The number of benzene rings is 2. The number of carbonyl (C=O) groups excluding carboxylic acids is 1. The first-order valence-corrected chi connectivity index (χ1v) is 7.53. The van der Waals surface area contributed by atoms with E-state index in [4.69, 9.17) is 16.3 Å². The molecule has 0 bridgehead atoms. The summed E-state index contributed by atoms with van der Waals surface area (Å²) in [5.74, 6) is -0.994. The van der Waals surface area contributed by atoms with E-state index in [9.17, 15) is 9.18 Å². The fraction of sp³-hybridized carbons (Fsp3) is 0.167. The van der Waals surface area contributed by atoms with Gasteiger partial charge in [-0.05, 0) is 37.3 Å². The number of esters is 1. The number of ether oxygens (including phenoxy) is 1. The van der Waals surface area contributed by atoms with E-state index in [-0.39, 0.29) is 12.2 Å². The van der Waals surface area contributed by atoms with Crippen LogP contribution >= 0.6 is 11.6 Å². The average Bonchev–Trinajstić information content (AvgIpc) is 2.55. The van der Waals surface area contributed by atoms with Crippen molar-refractivity contribution in [2.75, 3.05) is 11.9 Å². The van der Waals surface area contributed by atoms with Crippen LogP contribution in [0.3, 0.4) is 0 Å². The lowest BCUT2D eigenvalue weighted by molar-refractivity contribution is -0.138. The summed E-state index contributed by atoms with van der Waals surface area (Å²) < 4.78 is 19.1. The highest BCUT2D eigenvalue weighted by Crippen LogP contribution is 2.29. The number of halogens is 2. The van der Waals surface area contributed by atoms with Crippen LogP contribution in [0.15, 0.2) is 60.7 Å². The summed E-state index contributed by atoms with van der Waals surface area (Å²) >= 11 is 5.87. The zero-order valence-corrected chi connectivity index (χ0v) is 13.4. The third kappa shape index (κ3) is 4.33. The third-order valence-corrected chi connectivity index (χ3v) is 3.51. The average molecular weight is 334 g/mol. The lowest BCUT2D eigenvalue weighted by atomic mass is 9.98. The lowest BCUT2D eigenvalue weighted by Crippen LogP contribution is -2.21. The molecule has 0 aromatic heterocycles. The molecule has 120 valence electrons. The number of anilines is 1. The van der Waals surface area contributed by atoms with Crippen molar-refractivity contribution in [1.82, 2.24) is 0 Å². The Labute approximate surface area is 139 Å². The molecule has 2 rings (SSSR count). The van der Waals surface area contributed by atoms with Crippen molar-refractivity contribution >= 4 is 23.3 Å². The van der Waals surface area contributed by atoms with E-state index in [1.54, 1.807) is 49.4 Å². The van der Waals surface area contributed by atoms with Gasteiger partial charge in [0.1, 0.15) is 5.82 Å². The minimum atomic E-state index is -0.739. The van der Waals surface area contributed by atoms with Gasteiger partial charge in [0.25, 0.3) is 0 Å². The monoisotopic (exact) mass is 333 g/mol. The van der Waals surface area contributed by atoms with Gasteiger partial charge in [0.2, 0.25) is 0 Å². The second kappa shape index (κ2) is 7.79. The van der Waals surface area contributed by atoms with Crippen LogP contribution in [-0.4, -0.2) is 12.6 Å². The van der Waals surface area contributed by atoms with E-state index in [1.165, 1.54) is 6.07 Å². The molecule has 0 amide bonds. The van der Waals surface area contributed by atoms with Gasteiger partial charge in [-0.25, -0.2) is 9.18 Å². The highest BCUT2D eigenvalue weighted by molar-refractivity contribution is 6.30. The summed E-state index contributed by atoms with van der Waals surface area (Å²) in [7, 11) is 0. The molecule has 0 saturated heterocycles. The van der Waals surface area contributed by atoms with Crippen LogP contribution in [0.1, 0.15) is 18.5 Å². The minimum absolute atomic E-state index is 0.131. The number of carbonyl (C=O) groups is 1. The van der Waals surface area contributed by atoms with Crippen molar-refractivity contribution in [3.63, 3.8) is 0 Å². The molecule has 0 aliphatic carbocycles. The fourth-order valence-electron chi connectivity index (χ4n) is 2.12. The first kappa shape index (κ1) is 17.0. The maximum Gasteiger partial charge on any atom is 0.335 e. The van der Waals surface area contributed by atoms with Gasteiger partial charge in [0.15, 0.2) is 0 Å². The van der Waals surface area contributed by atoms with Crippen molar-refractivity contribution in [3.8, 4) is 0 Å².